The van der Waals surface area contributed by atoms with Gasteiger partial charge in [-0.1, -0.05) is 6.07 Å². The number of thioether (sulfide) groups is 1. The highest BCUT2D eigenvalue weighted by atomic mass is 32.2. The van der Waals surface area contributed by atoms with Crippen LogP contribution in [0.25, 0.3) is 0 Å². The van der Waals surface area contributed by atoms with Crippen LogP contribution in [0.3, 0.4) is 0 Å². The van der Waals surface area contributed by atoms with Crippen LogP contribution in [0.4, 0.5) is 0 Å². The van der Waals surface area contributed by atoms with E-state index in [4.69, 9.17) is 9.84 Å². The lowest BCUT2D eigenvalue weighted by Crippen LogP contribution is -2.06. The topological polar surface area (TPSA) is 29.5 Å². The van der Waals surface area contributed by atoms with Crippen molar-refractivity contribution in [1.29, 1.82) is 0 Å². The third-order valence-electron chi connectivity index (χ3n) is 1.79. The Morgan fingerprint density at radius 1 is 1.50 bits per heavy atom. The van der Waals surface area contributed by atoms with Crippen LogP contribution in [0.1, 0.15) is 5.56 Å². The van der Waals surface area contributed by atoms with E-state index >= 15 is 0 Å². The molecule has 2 rings (SSSR count). The van der Waals surface area contributed by atoms with Crippen LogP contribution < -0.4 is 4.74 Å². The standard InChI is InChI=1S/C9H10O2S/c10-6-7-1-2-9-8(5-7)11-3-4-12-9/h1-2,5,10H,3-4,6H2. The van der Waals surface area contributed by atoms with E-state index in [0.717, 1.165) is 23.7 Å². The molecule has 1 aliphatic heterocycles. The quantitative estimate of drug-likeness (QED) is 0.716. The van der Waals surface area contributed by atoms with Crippen LogP contribution in [-0.4, -0.2) is 17.5 Å². The molecule has 0 amide bonds. The maximum atomic E-state index is 8.88. The van der Waals surface area contributed by atoms with E-state index in [1.54, 1.807) is 11.8 Å². The second-order valence-corrected chi connectivity index (χ2v) is 3.77. The molecule has 12 heavy (non-hydrogen) atoms. The fraction of sp³-hybridized carbons (Fsp3) is 0.333. The van der Waals surface area contributed by atoms with Gasteiger partial charge < -0.3 is 9.84 Å². The monoisotopic (exact) mass is 182 g/mol. The Labute approximate surface area is 75.6 Å². The fourth-order valence-electron chi connectivity index (χ4n) is 1.19. The van der Waals surface area contributed by atoms with Crippen molar-refractivity contribution >= 4 is 11.8 Å². The maximum Gasteiger partial charge on any atom is 0.133 e. The van der Waals surface area contributed by atoms with Crippen LogP contribution in [0.15, 0.2) is 23.1 Å². The van der Waals surface area contributed by atoms with E-state index in [0.29, 0.717) is 0 Å². The lowest BCUT2D eigenvalue weighted by atomic mass is 10.2. The number of aliphatic hydroxyl groups excluding tert-OH is 1. The van der Waals surface area contributed by atoms with Crippen molar-refractivity contribution in [3.05, 3.63) is 23.8 Å². The first kappa shape index (κ1) is 7.95. The summed E-state index contributed by atoms with van der Waals surface area (Å²) in [4.78, 5) is 1.18. The molecule has 0 fully saturated rings. The highest BCUT2D eigenvalue weighted by Crippen LogP contribution is 2.33. The maximum absolute atomic E-state index is 8.88. The SMILES string of the molecule is OCc1ccc2c(c1)OCCS2. The number of hydrogen-bond donors (Lipinski definition) is 1. The van der Waals surface area contributed by atoms with Crippen LogP contribution in [0.5, 0.6) is 5.75 Å². The minimum Gasteiger partial charge on any atom is -0.492 e. The van der Waals surface area contributed by atoms with E-state index in [2.05, 4.69) is 0 Å². The number of rotatable bonds is 1. The summed E-state index contributed by atoms with van der Waals surface area (Å²) < 4.78 is 5.43. The summed E-state index contributed by atoms with van der Waals surface area (Å²) in [7, 11) is 0. The first-order chi connectivity index (χ1) is 5.90. The van der Waals surface area contributed by atoms with Crippen LogP contribution in [0.2, 0.25) is 0 Å². The molecule has 0 atom stereocenters. The van der Waals surface area contributed by atoms with Crippen LogP contribution in [-0.2, 0) is 6.61 Å². The third kappa shape index (κ3) is 1.42. The Morgan fingerprint density at radius 3 is 3.25 bits per heavy atom. The third-order valence-corrected chi connectivity index (χ3v) is 2.81. The van der Waals surface area contributed by atoms with E-state index < -0.39 is 0 Å². The molecule has 0 unspecified atom stereocenters. The van der Waals surface area contributed by atoms with Crippen molar-refractivity contribution in [3.63, 3.8) is 0 Å². The molecule has 1 aliphatic rings. The molecule has 0 bridgehead atoms. The molecule has 0 spiro atoms. The summed E-state index contributed by atoms with van der Waals surface area (Å²) >= 11 is 1.80. The lowest BCUT2D eigenvalue weighted by Gasteiger charge is -2.16. The van der Waals surface area contributed by atoms with Crippen molar-refractivity contribution in [3.8, 4) is 5.75 Å². The Bertz CT molecular complexity index is 286. The molecule has 1 N–H and O–H groups in total. The summed E-state index contributed by atoms with van der Waals surface area (Å²) in [6.45, 7) is 0.855. The Morgan fingerprint density at radius 2 is 2.42 bits per heavy atom. The number of ether oxygens (including phenoxy) is 1. The summed E-state index contributed by atoms with van der Waals surface area (Å²) in [5, 5.41) is 8.88. The number of fused-ring (bicyclic) bond motifs is 1. The van der Waals surface area contributed by atoms with Gasteiger partial charge >= 0.3 is 0 Å². The van der Waals surface area contributed by atoms with Gasteiger partial charge in [-0.2, -0.15) is 0 Å². The molecule has 1 aromatic rings. The van der Waals surface area contributed by atoms with E-state index in [9.17, 15) is 0 Å². The number of hydrogen-bond acceptors (Lipinski definition) is 3. The molecule has 0 radical (unpaired) electrons. The van der Waals surface area contributed by atoms with Gasteiger partial charge in [0.15, 0.2) is 0 Å². The Balaban J connectivity index is 2.36. The predicted octanol–water partition coefficient (Wildman–Crippen LogP) is 1.66. The first-order valence-corrected chi connectivity index (χ1v) is 4.88. The van der Waals surface area contributed by atoms with Crippen LogP contribution >= 0.6 is 11.8 Å². The highest BCUT2D eigenvalue weighted by Gasteiger charge is 2.10. The van der Waals surface area contributed by atoms with Crippen molar-refractivity contribution in [2.45, 2.75) is 11.5 Å². The van der Waals surface area contributed by atoms with Crippen LogP contribution in [0, 0.1) is 0 Å². The average Bonchev–Trinajstić information content (AvgIpc) is 2.17. The summed E-state index contributed by atoms with van der Waals surface area (Å²) in [6, 6.07) is 5.84. The fourth-order valence-corrected chi connectivity index (χ4v) is 2.00. The molecule has 3 heteroatoms. The van der Waals surface area contributed by atoms with Crippen molar-refractivity contribution in [2.24, 2.45) is 0 Å². The predicted molar refractivity (Wildman–Crippen MR) is 48.6 cm³/mol. The van der Waals surface area contributed by atoms with E-state index in [-0.39, 0.29) is 6.61 Å². The first-order valence-electron chi connectivity index (χ1n) is 3.89. The molecule has 0 saturated carbocycles. The zero-order valence-corrected chi connectivity index (χ0v) is 7.43. The molecule has 2 nitrogen and oxygen atoms in total. The molecular formula is C9H10O2S. The van der Waals surface area contributed by atoms with Crippen molar-refractivity contribution in [1.82, 2.24) is 0 Å². The van der Waals surface area contributed by atoms with Crippen molar-refractivity contribution < 1.29 is 9.84 Å². The number of aliphatic hydroxyl groups is 1. The average molecular weight is 182 g/mol. The number of benzene rings is 1. The van der Waals surface area contributed by atoms with E-state index in [1.165, 1.54) is 4.90 Å². The van der Waals surface area contributed by atoms with Crippen molar-refractivity contribution in [2.75, 3.05) is 12.4 Å². The lowest BCUT2D eigenvalue weighted by molar-refractivity contribution is 0.279. The molecule has 0 aromatic heterocycles. The molecule has 0 aliphatic carbocycles. The molecule has 1 aromatic carbocycles. The highest BCUT2D eigenvalue weighted by molar-refractivity contribution is 7.99. The summed E-state index contributed by atoms with van der Waals surface area (Å²) in [6.07, 6.45) is 0. The second-order valence-electron chi connectivity index (χ2n) is 2.64. The molecule has 0 saturated heterocycles. The van der Waals surface area contributed by atoms with Gasteiger partial charge in [-0.25, -0.2) is 0 Å². The van der Waals surface area contributed by atoms with E-state index in [1.807, 2.05) is 18.2 Å². The zero-order chi connectivity index (χ0) is 8.39. The summed E-state index contributed by atoms with van der Waals surface area (Å²) in [5.74, 6) is 1.93. The summed E-state index contributed by atoms with van der Waals surface area (Å²) in [5.41, 5.74) is 0.913. The molecular weight excluding hydrogens is 172 g/mol. The Kier molecular flexibility index (Phi) is 2.23. The smallest absolute Gasteiger partial charge is 0.133 e. The van der Waals surface area contributed by atoms with Gasteiger partial charge in [0.2, 0.25) is 0 Å². The molecule has 64 valence electrons. The zero-order valence-electron chi connectivity index (χ0n) is 6.62. The van der Waals surface area contributed by atoms with Gasteiger partial charge in [0.05, 0.1) is 13.2 Å². The minimum atomic E-state index is 0.0846. The largest absolute Gasteiger partial charge is 0.492 e. The molecule has 1 heterocycles. The van der Waals surface area contributed by atoms with Gasteiger partial charge in [0.25, 0.3) is 0 Å². The van der Waals surface area contributed by atoms with Gasteiger partial charge in [-0.3, -0.25) is 0 Å². The van der Waals surface area contributed by atoms with Gasteiger partial charge in [-0.05, 0) is 17.7 Å². The van der Waals surface area contributed by atoms with Gasteiger partial charge in [0.1, 0.15) is 5.75 Å². The Hall–Kier alpha value is -0.670. The van der Waals surface area contributed by atoms with Gasteiger partial charge in [0, 0.05) is 10.6 Å². The minimum absolute atomic E-state index is 0.0846. The normalized spacial score (nSPS) is 15.1. The second kappa shape index (κ2) is 3.37. The van der Waals surface area contributed by atoms with Gasteiger partial charge in [-0.15, -0.1) is 11.8 Å².